The van der Waals surface area contributed by atoms with E-state index in [1.165, 1.54) is 17.3 Å². The lowest BCUT2D eigenvalue weighted by Crippen LogP contribution is -2.15. The molecule has 128 valence electrons. The lowest BCUT2D eigenvalue weighted by Gasteiger charge is -2.15. The molecule has 2 aromatic carbocycles. The highest BCUT2D eigenvalue weighted by atomic mass is 32.2. The molecule has 1 heterocycles. The van der Waals surface area contributed by atoms with E-state index >= 15 is 0 Å². The van der Waals surface area contributed by atoms with Gasteiger partial charge in [-0.2, -0.15) is 0 Å². The van der Waals surface area contributed by atoms with Gasteiger partial charge in [0, 0.05) is 11.1 Å². The SMILES string of the molecule is CC[C@@H](C)c1ccccc1NC(=O)CSc1ccc2ccccc2n1. The molecular formula is C21H22N2OS. The van der Waals surface area contributed by atoms with Crippen molar-refractivity contribution in [2.75, 3.05) is 11.1 Å². The summed E-state index contributed by atoms with van der Waals surface area (Å²) in [5, 5.41) is 5.02. The van der Waals surface area contributed by atoms with Gasteiger partial charge in [-0.1, -0.05) is 68.1 Å². The minimum Gasteiger partial charge on any atom is -0.325 e. The molecule has 0 bridgehead atoms. The number of rotatable bonds is 6. The highest BCUT2D eigenvalue weighted by Gasteiger charge is 2.11. The molecule has 0 spiro atoms. The van der Waals surface area contributed by atoms with Crippen molar-refractivity contribution in [2.45, 2.75) is 31.2 Å². The summed E-state index contributed by atoms with van der Waals surface area (Å²) in [6, 6.07) is 20.0. The monoisotopic (exact) mass is 350 g/mol. The van der Waals surface area contributed by atoms with E-state index in [1.54, 1.807) is 0 Å². The van der Waals surface area contributed by atoms with Crippen LogP contribution in [-0.4, -0.2) is 16.6 Å². The molecule has 3 aromatic rings. The number of para-hydroxylation sites is 2. The van der Waals surface area contributed by atoms with Crippen LogP contribution in [0, 0.1) is 0 Å². The zero-order chi connectivity index (χ0) is 17.6. The van der Waals surface area contributed by atoms with E-state index in [4.69, 9.17) is 0 Å². The molecule has 0 unspecified atom stereocenters. The Morgan fingerprint density at radius 2 is 1.84 bits per heavy atom. The van der Waals surface area contributed by atoms with Gasteiger partial charge in [0.25, 0.3) is 0 Å². The number of benzene rings is 2. The molecule has 0 aliphatic heterocycles. The van der Waals surface area contributed by atoms with Crippen molar-refractivity contribution in [3.05, 3.63) is 66.2 Å². The molecule has 3 nitrogen and oxygen atoms in total. The number of hydrogen-bond donors (Lipinski definition) is 1. The third kappa shape index (κ3) is 4.40. The van der Waals surface area contributed by atoms with Crippen molar-refractivity contribution < 1.29 is 4.79 Å². The van der Waals surface area contributed by atoms with Crippen LogP contribution < -0.4 is 5.32 Å². The number of amides is 1. The van der Waals surface area contributed by atoms with Crippen molar-refractivity contribution in [1.29, 1.82) is 0 Å². The van der Waals surface area contributed by atoms with Crippen LogP contribution in [0.3, 0.4) is 0 Å². The maximum atomic E-state index is 12.4. The molecule has 0 saturated carbocycles. The van der Waals surface area contributed by atoms with Gasteiger partial charge in [-0.15, -0.1) is 0 Å². The van der Waals surface area contributed by atoms with Crippen molar-refractivity contribution in [2.24, 2.45) is 0 Å². The van der Waals surface area contributed by atoms with Crippen molar-refractivity contribution in [1.82, 2.24) is 4.98 Å². The Labute approximate surface area is 152 Å². The molecule has 1 aromatic heterocycles. The molecule has 0 saturated heterocycles. The lowest BCUT2D eigenvalue weighted by molar-refractivity contribution is -0.113. The molecule has 0 aliphatic rings. The number of carbonyl (C=O) groups excluding carboxylic acids is 1. The number of nitrogens with one attached hydrogen (secondary N) is 1. The molecule has 4 heteroatoms. The first-order valence-electron chi connectivity index (χ1n) is 8.54. The molecular weight excluding hydrogens is 328 g/mol. The number of fused-ring (bicyclic) bond motifs is 1. The molecule has 0 aliphatic carbocycles. The zero-order valence-electron chi connectivity index (χ0n) is 14.5. The second-order valence-corrected chi connectivity index (χ2v) is 7.07. The predicted octanol–water partition coefficient (Wildman–Crippen LogP) is 5.48. The first-order chi connectivity index (χ1) is 12.2. The summed E-state index contributed by atoms with van der Waals surface area (Å²) in [6.45, 7) is 4.34. The third-order valence-corrected chi connectivity index (χ3v) is 5.23. The van der Waals surface area contributed by atoms with Crippen LogP contribution in [-0.2, 0) is 4.79 Å². The van der Waals surface area contributed by atoms with Crippen molar-refractivity contribution in [3.63, 3.8) is 0 Å². The maximum absolute atomic E-state index is 12.4. The zero-order valence-corrected chi connectivity index (χ0v) is 15.3. The number of pyridine rings is 1. The van der Waals surface area contributed by atoms with Crippen LogP contribution >= 0.6 is 11.8 Å². The summed E-state index contributed by atoms with van der Waals surface area (Å²) in [5.74, 6) is 0.766. The normalized spacial score (nSPS) is 12.1. The van der Waals surface area contributed by atoms with Crippen molar-refractivity contribution >= 4 is 34.3 Å². The second-order valence-electron chi connectivity index (χ2n) is 6.08. The fourth-order valence-corrected chi connectivity index (χ4v) is 3.39. The largest absolute Gasteiger partial charge is 0.325 e. The second kappa shape index (κ2) is 8.17. The van der Waals surface area contributed by atoms with Gasteiger partial charge >= 0.3 is 0 Å². The van der Waals surface area contributed by atoms with Gasteiger partial charge < -0.3 is 5.32 Å². The fraction of sp³-hybridized carbons (Fsp3) is 0.238. The maximum Gasteiger partial charge on any atom is 0.234 e. The van der Waals surface area contributed by atoms with Gasteiger partial charge in [-0.3, -0.25) is 4.79 Å². The first kappa shape index (κ1) is 17.5. The number of thioether (sulfide) groups is 1. The van der Waals surface area contributed by atoms with E-state index in [1.807, 2.05) is 54.6 Å². The third-order valence-electron chi connectivity index (χ3n) is 4.30. The van der Waals surface area contributed by atoms with E-state index < -0.39 is 0 Å². The summed E-state index contributed by atoms with van der Waals surface area (Å²) in [6.07, 6.45) is 1.04. The first-order valence-corrected chi connectivity index (χ1v) is 9.53. The van der Waals surface area contributed by atoms with Gasteiger partial charge in [0.15, 0.2) is 0 Å². The van der Waals surface area contributed by atoms with Gasteiger partial charge in [0.2, 0.25) is 5.91 Å². The van der Waals surface area contributed by atoms with Gasteiger partial charge in [0.05, 0.1) is 16.3 Å². The van der Waals surface area contributed by atoms with Gasteiger partial charge in [0.1, 0.15) is 0 Å². The van der Waals surface area contributed by atoms with Crippen molar-refractivity contribution in [3.8, 4) is 0 Å². The van der Waals surface area contributed by atoms with E-state index in [0.717, 1.165) is 28.0 Å². The van der Waals surface area contributed by atoms with E-state index in [2.05, 4.69) is 30.2 Å². The topological polar surface area (TPSA) is 42.0 Å². The van der Waals surface area contributed by atoms with Crippen LogP contribution in [0.15, 0.2) is 65.7 Å². The Morgan fingerprint density at radius 1 is 1.08 bits per heavy atom. The summed E-state index contributed by atoms with van der Waals surface area (Å²) in [4.78, 5) is 16.9. The summed E-state index contributed by atoms with van der Waals surface area (Å²) < 4.78 is 0. The highest BCUT2D eigenvalue weighted by Crippen LogP contribution is 2.27. The number of anilines is 1. The number of hydrogen-bond acceptors (Lipinski definition) is 3. The molecule has 3 rings (SSSR count). The van der Waals surface area contributed by atoms with E-state index in [9.17, 15) is 4.79 Å². The quantitative estimate of drug-likeness (QED) is 0.599. The Morgan fingerprint density at radius 3 is 2.68 bits per heavy atom. The molecule has 0 radical (unpaired) electrons. The summed E-state index contributed by atoms with van der Waals surface area (Å²) in [7, 11) is 0. The number of aromatic nitrogens is 1. The van der Waals surface area contributed by atoms with Crippen LogP contribution in [0.2, 0.25) is 0 Å². The van der Waals surface area contributed by atoms with Gasteiger partial charge in [-0.05, 0) is 36.1 Å². The van der Waals surface area contributed by atoms with E-state index in [-0.39, 0.29) is 5.91 Å². The van der Waals surface area contributed by atoms with Crippen LogP contribution in [0.4, 0.5) is 5.69 Å². The smallest absolute Gasteiger partial charge is 0.234 e. The molecule has 25 heavy (non-hydrogen) atoms. The minimum atomic E-state index is -0.00397. The lowest BCUT2D eigenvalue weighted by atomic mass is 9.97. The predicted molar refractivity (Wildman–Crippen MR) is 106 cm³/mol. The fourth-order valence-electron chi connectivity index (χ4n) is 2.71. The average molecular weight is 350 g/mol. The Bertz CT molecular complexity index is 878. The number of carbonyl (C=O) groups is 1. The van der Waals surface area contributed by atoms with Crippen LogP contribution in [0.25, 0.3) is 10.9 Å². The molecule has 0 fully saturated rings. The van der Waals surface area contributed by atoms with Crippen LogP contribution in [0.5, 0.6) is 0 Å². The molecule has 1 amide bonds. The minimum absolute atomic E-state index is 0.00397. The summed E-state index contributed by atoms with van der Waals surface area (Å²) in [5.41, 5.74) is 3.05. The Hall–Kier alpha value is -2.33. The Balaban J connectivity index is 1.65. The standard InChI is InChI=1S/C21H22N2OS/c1-3-15(2)17-9-5-7-11-19(17)22-20(24)14-25-21-13-12-16-8-4-6-10-18(16)23-21/h4-13,15H,3,14H2,1-2H3,(H,22,24)/t15-/m1/s1. The Kier molecular flexibility index (Phi) is 5.71. The highest BCUT2D eigenvalue weighted by molar-refractivity contribution is 7.99. The average Bonchev–Trinajstić information content (AvgIpc) is 2.66. The number of nitrogens with zero attached hydrogens (tertiary/aromatic N) is 1. The van der Waals surface area contributed by atoms with E-state index in [0.29, 0.717) is 11.7 Å². The summed E-state index contributed by atoms with van der Waals surface area (Å²) >= 11 is 1.46. The molecule has 1 N–H and O–H groups in total. The van der Waals surface area contributed by atoms with Crippen LogP contribution in [0.1, 0.15) is 31.7 Å². The van der Waals surface area contributed by atoms with Gasteiger partial charge in [-0.25, -0.2) is 4.98 Å². The molecule has 1 atom stereocenters.